The molecule has 2 aromatic rings. The molecule has 0 spiro atoms. The number of hydrogen-bond donors (Lipinski definition) is 0. The molecule has 0 aliphatic heterocycles. The van der Waals surface area contributed by atoms with E-state index in [-0.39, 0.29) is 5.91 Å². The summed E-state index contributed by atoms with van der Waals surface area (Å²) < 4.78 is 0. The van der Waals surface area contributed by atoms with Crippen LogP contribution in [0.1, 0.15) is 35.8 Å². The second-order valence-corrected chi connectivity index (χ2v) is 6.01. The van der Waals surface area contributed by atoms with E-state index in [4.69, 9.17) is 0 Å². The molecule has 0 aromatic carbocycles. The first kappa shape index (κ1) is 17.9. The molecule has 0 N–H and O–H groups in total. The average molecular weight is 326 g/mol. The molecule has 2 rings (SSSR count). The SMILES string of the molecule is CCCCN(C)c1ccc(C(=O)N(C)CCc2ccncc2)nc1. The van der Waals surface area contributed by atoms with Gasteiger partial charge >= 0.3 is 0 Å². The van der Waals surface area contributed by atoms with Crippen LogP contribution < -0.4 is 4.90 Å². The predicted molar refractivity (Wildman–Crippen MR) is 97.3 cm³/mol. The molecule has 24 heavy (non-hydrogen) atoms. The van der Waals surface area contributed by atoms with E-state index in [0.29, 0.717) is 12.2 Å². The number of carbonyl (C=O) groups excluding carboxylic acids is 1. The van der Waals surface area contributed by atoms with Crippen molar-refractivity contribution in [3.8, 4) is 0 Å². The van der Waals surface area contributed by atoms with Crippen LogP contribution in [-0.2, 0) is 6.42 Å². The highest BCUT2D eigenvalue weighted by Crippen LogP contribution is 2.13. The maximum atomic E-state index is 12.5. The van der Waals surface area contributed by atoms with Crippen LogP contribution in [0, 0.1) is 0 Å². The quantitative estimate of drug-likeness (QED) is 0.748. The molecule has 0 saturated carbocycles. The van der Waals surface area contributed by atoms with Crippen LogP contribution in [0.25, 0.3) is 0 Å². The Hall–Kier alpha value is -2.43. The molecule has 0 aliphatic carbocycles. The predicted octanol–water partition coefficient (Wildman–Crippen LogP) is 3.03. The standard InChI is InChI=1S/C19H26N4O/c1-4-5-13-22(2)17-6-7-18(21-15-17)19(24)23(3)14-10-16-8-11-20-12-9-16/h6-9,11-12,15H,4-5,10,13-14H2,1-3H3. The summed E-state index contributed by atoms with van der Waals surface area (Å²) in [4.78, 5) is 24.7. The van der Waals surface area contributed by atoms with E-state index in [2.05, 4.69) is 28.8 Å². The van der Waals surface area contributed by atoms with Crippen molar-refractivity contribution >= 4 is 11.6 Å². The summed E-state index contributed by atoms with van der Waals surface area (Å²) in [5.41, 5.74) is 2.70. The van der Waals surface area contributed by atoms with Gasteiger partial charge in [-0.15, -0.1) is 0 Å². The van der Waals surface area contributed by atoms with E-state index in [1.807, 2.05) is 31.3 Å². The average Bonchev–Trinajstić information content (AvgIpc) is 2.64. The van der Waals surface area contributed by atoms with Crippen molar-refractivity contribution in [3.63, 3.8) is 0 Å². The second-order valence-electron chi connectivity index (χ2n) is 6.01. The lowest BCUT2D eigenvalue weighted by Crippen LogP contribution is -2.29. The third-order valence-corrected chi connectivity index (χ3v) is 4.09. The van der Waals surface area contributed by atoms with Crippen molar-refractivity contribution < 1.29 is 4.79 Å². The molecule has 0 atom stereocenters. The van der Waals surface area contributed by atoms with Gasteiger partial charge in [-0.3, -0.25) is 9.78 Å². The maximum Gasteiger partial charge on any atom is 0.272 e. The number of anilines is 1. The normalized spacial score (nSPS) is 10.5. The Labute approximate surface area is 144 Å². The van der Waals surface area contributed by atoms with Crippen molar-refractivity contribution in [1.29, 1.82) is 0 Å². The molecule has 2 heterocycles. The van der Waals surface area contributed by atoms with E-state index in [1.54, 1.807) is 23.5 Å². The summed E-state index contributed by atoms with van der Waals surface area (Å²) in [6, 6.07) is 7.71. The summed E-state index contributed by atoms with van der Waals surface area (Å²) in [5, 5.41) is 0. The molecule has 0 aliphatic rings. The Morgan fingerprint density at radius 1 is 1.08 bits per heavy atom. The summed E-state index contributed by atoms with van der Waals surface area (Å²) in [7, 11) is 3.86. The fourth-order valence-electron chi connectivity index (χ4n) is 2.41. The topological polar surface area (TPSA) is 49.3 Å². The summed E-state index contributed by atoms with van der Waals surface area (Å²) in [6.45, 7) is 3.83. The molecule has 128 valence electrons. The molecule has 0 unspecified atom stereocenters. The minimum atomic E-state index is -0.0492. The first-order chi connectivity index (χ1) is 11.6. The van der Waals surface area contributed by atoms with Crippen molar-refractivity contribution in [3.05, 3.63) is 54.1 Å². The second kappa shape index (κ2) is 9.01. The number of rotatable bonds is 8. The van der Waals surface area contributed by atoms with Gasteiger partial charge in [0.15, 0.2) is 0 Å². The Balaban J connectivity index is 1.91. The van der Waals surface area contributed by atoms with Crippen LogP contribution in [0.4, 0.5) is 5.69 Å². The molecular formula is C19H26N4O. The van der Waals surface area contributed by atoms with E-state index in [9.17, 15) is 4.79 Å². The highest BCUT2D eigenvalue weighted by atomic mass is 16.2. The number of amides is 1. The van der Waals surface area contributed by atoms with Gasteiger partial charge in [0.05, 0.1) is 11.9 Å². The lowest BCUT2D eigenvalue weighted by Gasteiger charge is -2.20. The van der Waals surface area contributed by atoms with Crippen molar-refractivity contribution in [1.82, 2.24) is 14.9 Å². The van der Waals surface area contributed by atoms with Gasteiger partial charge in [0.1, 0.15) is 5.69 Å². The van der Waals surface area contributed by atoms with E-state index >= 15 is 0 Å². The lowest BCUT2D eigenvalue weighted by atomic mass is 10.2. The van der Waals surface area contributed by atoms with E-state index in [1.165, 1.54) is 5.56 Å². The number of hydrogen-bond acceptors (Lipinski definition) is 4. The molecule has 0 bridgehead atoms. The molecule has 1 amide bonds. The Morgan fingerprint density at radius 2 is 1.83 bits per heavy atom. The summed E-state index contributed by atoms with van der Waals surface area (Å²) in [6.07, 6.45) is 8.44. The van der Waals surface area contributed by atoms with Gasteiger partial charge in [-0.2, -0.15) is 0 Å². The van der Waals surface area contributed by atoms with Crippen LogP contribution >= 0.6 is 0 Å². The number of aromatic nitrogens is 2. The van der Waals surface area contributed by atoms with Crippen LogP contribution in [0.2, 0.25) is 0 Å². The molecule has 0 fully saturated rings. The first-order valence-electron chi connectivity index (χ1n) is 8.43. The zero-order chi connectivity index (χ0) is 17.4. The van der Waals surface area contributed by atoms with E-state index < -0.39 is 0 Å². The molecule has 5 heteroatoms. The van der Waals surface area contributed by atoms with Gasteiger partial charge in [0.2, 0.25) is 0 Å². The van der Waals surface area contributed by atoms with Crippen LogP contribution in [-0.4, -0.2) is 48.0 Å². The molecule has 0 radical (unpaired) electrons. The van der Waals surface area contributed by atoms with Crippen molar-refractivity contribution in [2.24, 2.45) is 0 Å². The third-order valence-electron chi connectivity index (χ3n) is 4.09. The van der Waals surface area contributed by atoms with Gasteiger partial charge in [-0.05, 0) is 42.7 Å². The number of unbranched alkanes of at least 4 members (excludes halogenated alkanes) is 1. The number of carbonyl (C=O) groups is 1. The minimum absolute atomic E-state index is 0.0492. The molecule has 2 aromatic heterocycles. The van der Waals surface area contributed by atoms with Crippen LogP contribution in [0.5, 0.6) is 0 Å². The van der Waals surface area contributed by atoms with Crippen LogP contribution in [0.3, 0.4) is 0 Å². The van der Waals surface area contributed by atoms with Gasteiger partial charge in [0.25, 0.3) is 5.91 Å². The Bertz CT molecular complexity index is 628. The molecule has 5 nitrogen and oxygen atoms in total. The van der Waals surface area contributed by atoms with Gasteiger partial charge in [-0.25, -0.2) is 4.98 Å². The van der Waals surface area contributed by atoms with E-state index in [0.717, 1.165) is 31.5 Å². The number of likely N-dealkylation sites (N-methyl/N-ethyl adjacent to an activating group) is 1. The Kier molecular flexibility index (Phi) is 6.73. The van der Waals surface area contributed by atoms with Gasteiger partial charge in [-0.1, -0.05) is 13.3 Å². The summed E-state index contributed by atoms with van der Waals surface area (Å²) in [5.74, 6) is -0.0492. The molecular weight excluding hydrogens is 300 g/mol. The minimum Gasteiger partial charge on any atom is -0.373 e. The molecule has 0 saturated heterocycles. The van der Waals surface area contributed by atoms with Gasteiger partial charge < -0.3 is 9.80 Å². The number of nitrogens with zero attached hydrogens (tertiary/aromatic N) is 4. The lowest BCUT2D eigenvalue weighted by molar-refractivity contribution is 0.0791. The first-order valence-corrected chi connectivity index (χ1v) is 8.43. The van der Waals surface area contributed by atoms with Gasteiger partial charge in [0, 0.05) is 39.6 Å². The fourth-order valence-corrected chi connectivity index (χ4v) is 2.41. The van der Waals surface area contributed by atoms with Crippen LogP contribution in [0.15, 0.2) is 42.9 Å². The van der Waals surface area contributed by atoms with Crippen molar-refractivity contribution in [2.75, 3.05) is 32.1 Å². The maximum absolute atomic E-state index is 12.5. The highest BCUT2D eigenvalue weighted by molar-refractivity contribution is 5.92. The Morgan fingerprint density at radius 3 is 2.46 bits per heavy atom. The zero-order valence-electron chi connectivity index (χ0n) is 14.8. The monoisotopic (exact) mass is 326 g/mol. The largest absolute Gasteiger partial charge is 0.373 e. The third kappa shape index (κ3) is 5.05. The zero-order valence-corrected chi connectivity index (χ0v) is 14.8. The fraction of sp³-hybridized carbons (Fsp3) is 0.421. The number of pyridine rings is 2. The van der Waals surface area contributed by atoms with Crippen molar-refractivity contribution in [2.45, 2.75) is 26.2 Å². The highest BCUT2D eigenvalue weighted by Gasteiger charge is 2.13. The summed E-state index contributed by atoms with van der Waals surface area (Å²) >= 11 is 0. The smallest absolute Gasteiger partial charge is 0.272 e.